The Labute approximate surface area is 88.4 Å². The van der Waals surface area contributed by atoms with Crippen LogP contribution < -0.4 is 10.6 Å². The summed E-state index contributed by atoms with van der Waals surface area (Å²) >= 11 is 5.47. The molecule has 0 radical (unpaired) electrons. The van der Waals surface area contributed by atoms with Gasteiger partial charge in [-0.15, -0.1) is 11.6 Å². The van der Waals surface area contributed by atoms with Gasteiger partial charge >= 0.3 is 0 Å². The minimum atomic E-state index is 0.0202. The van der Waals surface area contributed by atoms with Gasteiger partial charge in [0.1, 0.15) is 0 Å². The summed E-state index contributed by atoms with van der Waals surface area (Å²) in [6.07, 6.45) is 2.40. The van der Waals surface area contributed by atoms with Gasteiger partial charge in [0.2, 0.25) is 11.8 Å². The molecule has 2 amide bonds. The predicted molar refractivity (Wildman–Crippen MR) is 54.1 cm³/mol. The molecule has 0 aliphatic carbocycles. The van der Waals surface area contributed by atoms with Crippen LogP contribution in [0.3, 0.4) is 0 Å². The topological polar surface area (TPSA) is 58.2 Å². The second-order valence-corrected chi connectivity index (χ2v) is 3.78. The molecule has 0 bridgehead atoms. The molecule has 0 spiro atoms. The van der Waals surface area contributed by atoms with Gasteiger partial charge < -0.3 is 10.6 Å². The SMILES string of the molecule is O=C1CCC(NC(=O)CCCCl)CN1. The number of nitrogens with one attached hydrogen (secondary N) is 2. The number of alkyl halides is 1. The number of carbonyl (C=O) groups is 2. The molecule has 1 atom stereocenters. The summed E-state index contributed by atoms with van der Waals surface area (Å²) in [6.45, 7) is 0.547. The van der Waals surface area contributed by atoms with E-state index in [1.54, 1.807) is 0 Å². The first-order valence-corrected chi connectivity index (χ1v) is 5.38. The fourth-order valence-electron chi connectivity index (χ4n) is 1.38. The summed E-state index contributed by atoms with van der Waals surface area (Å²) < 4.78 is 0. The van der Waals surface area contributed by atoms with Crippen molar-refractivity contribution in [3.05, 3.63) is 0 Å². The van der Waals surface area contributed by atoms with Gasteiger partial charge in [0, 0.05) is 31.3 Å². The predicted octanol–water partition coefficient (Wildman–Crippen LogP) is 0.400. The van der Waals surface area contributed by atoms with E-state index in [1.165, 1.54) is 0 Å². The minimum absolute atomic E-state index is 0.0202. The van der Waals surface area contributed by atoms with Crippen LogP contribution in [-0.2, 0) is 9.59 Å². The molecule has 80 valence electrons. The summed E-state index contributed by atoms with van der Waals surface area (Å²) in [5.74, 6) is 0.595. The molecule has 1 unspecified atom stereocenters. The Kier molecular flexibility index (Phi) is 4.73. The third-order valence-corrected chi connectivity index (χ3v) is 2.44. The molecule has 1 fully saturated rings. The van der Waals surface area contributed by atoms with Crippen molar-refractivity contribution in [3.63, 3.8) is 0 Å². The maximum Gasteiger partial charge on any atom is 0.220 e. The highest BCUT2D eigenvalue weighted by molar-refractivity contribution is 6.17. The van der Waals surface area contributed by atoms with Gasteiger partial charge in [0.15, 0.2) is 0 Å². The Morgan fingerprint density at radius 2 is 2.43 bits per heavy atom. The lowest BCUT2D eigenvalue weighted by Crippen LogP contribution is -2.47. The third kappa shape index (κ3) is 3.96. The fraction of sp³-hybridized carbons (Fsp3) is 0.778. The molecule has 0 aromatic carbocycles. The minimum Gasteiger partial charge on any atom is -0.354 e. The Morgan fingerprint density at radius 1 is 1.64 bits per heavy atom. The van der Waals surface area contributed by atoms with E-state index < -0.39 is 0 Å². The van der Waals surface area contributed by atoms with Crippen LogP contribution in [0.15, 0.2) is 0 Å². The second kappa shape index (κ2) is 5.86. The van der Waals surface area contributed by atoms with E-state index in [0.29, 0.717) is 31.7 Å². The first kappa shape index (κ1) is 11.3. The van der Waals surface area contributed by atoms with Gasteiger partial charge in [0.05, 0.1) is 0 Å². The van der Waals surface area contributed by atoms with Crippen molar-refractivity contribution in [1.29, 1.82) is 0 Å². The zero-order valence-electron chi connectivity index (χ0n) is 8.01. The summed E-state index contributed by atoms with van der Waals surface area (Å²) in [5.41, 5.74) is 0. The zero-order valence-corrected chi connectivity index (χ0v) is 8.77. The Morgan fingerprint density at radius 3 is 3.00 bits per heavy atom. The number of rotatable bonds is 4. The average Bonchev–Trinajstić information content (AvgIpc) is 2.18. The van der Waals surface area contributed by atoms with Crippen molar-refractivity contribution >= 4 is 23.4 Å². The summed E-state index contributed by atoms with van der Waals surface area (Å²) in [6, 6.07) is 0.0931. The smallest absolute Gasteiger partial charge is 0.220 e. The Hall–Kier alpha value is -0.770. The number of piperidine rings is 1. The average molecular weight is 219 g/mol. The van der Waals surface area contributed by atoms with E-state index in [0.717, 1.165) is 6.42 Å². The van der Waals surface area contributed by atoms with Gasteiger partial charge in [-0.05, 0) is 12.8 Å². The van der Waals surface area contributed by atoms with E-state index in [-0.39, 0.29) is 17.9 Å². The number of carbonyl (C=O) groups excluding carboxylic acids is 2. The normalized spacial score (nSPS) is 21.5. The lowest BCUT2D eigenvalue weighted by molar-refractivity contribution is -0.125. The van der Waals surface area contributed by atoms with Crippen molar-refractivity contribution in [2.45, 2.75) is 31.7 Å². The Balaban J connectivity index is 2.17. The van der Waals surface area contributed by atoms with Crippen molar-refractivity contribution in [3.8, 4) is 0 Å². The number of hydrogen-bond acceptors (Lipinski definition) is 2. The molecule has 4 nitrogen and oxygen atoms in total. The van der Waals surface area contributed by atoms with E-state index >= 15 is 0 Å². The molecule has 0 saturated carbocycles. The van der Waals surface area contributed by atoms with Crippen LogP contribution in [-0.4, -0.2) is 30.3 Å². The molecule has 1 rings (SSSR count). The fourth-order valence-corrected chi connectivity index (χ4v) is 1.52. The first-order valence-electron chi connectivity index (χ1n) is 4.84. The molecule has 14 heavy (non-hydrogen) atoms. The monoisotopic (exact) mass is 218 g/mol. The second-order valence-electron chi connectivity index (χ2n) is 3.40. The number of halogens is 1. The highest BCUT2D eigenvalue weighted by Crippen LogP contribution is 2.03. The highest BCUT2D eigenvalue weighted by atomic mass is 35.5. The standard InChI is InChI=1S/C9H15ClN2O2/c10-5-1-2-9(14)12-7-3-4-8(13)11-6-7/h7H,1-6H2,(H,11,13)(H,12,14). The van der Waals surface area contributed by atoms with Crippen molar-refractivity contribution in [2.75, 3.05) is 12.4 Å². The van der Waals surface area contributed by atoms with E-state index in [4.69, 9.17) is 11.6 Å². The van der Waals surface area contributed by atoms with Gasteiger partial charge in [-0.25, -0.2) is 0 Å². The summed E-state index contributed by atoms with van der Waals surface area (Å²) in [7, 11) is 0. The molecule has 1 heterocycles. The molecule has 2 N–H and O–H groups in total. The van der Waals surface area contributed by atoms with E-state index in [2.05, 4.69) is 10.6 Å². The van der Waals surface area contributed by atoms with Crippen LogP contribution in [0.4, 0.5) is 0 Å². The maximum absolute atomic E-state index is 11.3. The largest absolute Gasteiger partial charge is 0.354 e. The molecule has 1 aliphatic rings. The van der Waals surface area contributed by atoms with Crippen LogP contribution in [0.25, 0.3) is 0 Å². The summed E-state index contributed by atoms with van der Waals surface area (Å²) in [5, 5.41) is 5.58. The zero-order chi connectivity index (χ0) is 10.4. The van der Waals surface area contributed by atoms with Crippen LogP contribution >= 0.6 is 11.6 Å². The van der Waals surface area contributed by atoms with E-state index in [1.807, 2.05) is 0 Å². The first-order chi connectivity index (χ1) is 6.72. The van der Waals surface area contributed by atoms with Crippen molar-refractivity contribution in [1.82, 2.24) is 10.6 Å². The number of hydrogen-bond donors (Lipinski definition) is 2. The lowest BCUT2D eigenvalue weighted by atomic mass is 10.1. The maximum atomic E-state index is 11.3. The van der Waals surface area contributed by atoms with Crippen LogP contribution in [0.5, 0.6) is 0 Å². The molecular formula is C9H15ClN2O2. The lowest BCUT2D eigenvalue weighted by Gasteiger charge is -2.23. The van der Waals surface area contributed by atoms with Gasteiger partial charge in [-0.3, -0.25) is 9.59 Å². The van der Waals surface area contributed by atoms with Gasteiger partial charge in [-0.2, -0.15) is 0 Å². The Bertz CT molecular complexity index is 211. The molecule has 1 saturated heterocycles. The van der Waals surface area contributed by atoms with Gasteiger partial charge in [-0.1, -0.05) is 0 Å². The van der Waals surface area contributed by atoms with Crippen molar-refractivity contribution in [2.24, 2.45) is 0 Å². The van der Waals surface area contributed by atoms with Crippen LogP contribution in [0.1, 0.15) is 25.7 Å². The summed E-state index contributed by atoms with van der Waals surface area (Å²) in [4.78, 5) is 22.1. The van der Waals surface area contributed by atoms with Crippen molar-refractivity contribution < 1.29 is 9.59 Å². The number of amides is 2. The van der Waals surface area contributed by atoms with E-state index in [9.17, 15) is 9.59 Å². The molecule has 1 aliphatic heterocycles. The molecule has 0 aromatic rings. The molecule has 0 aromatic heterocycles. The highest BCUT2D eigenvalue weighted by Gasteiger charge is 2.18. The molecule has 5 heteroatoms. The quantitative estimate of drug-likeness (QED) is 0.672. The third-order valence-electron chi connectivity index (χ3n) is 2.17. The van der Waals surface area contributed by atoms with Crippen LogP contribution in [0.2, 0.25) is 0 Å². The van der Waals surface area contributed by atoms with Crippen LogP contribution in [0, 0.1) is 0 Å². The molecular weight excluding hydrogens is 204 g/mol. The van der Waals surface area contributed by atoms with Gasteiger partial charge in [0.25, 0.3) is 0 Å².